The van der Waals surface area contributed by atoms with Crippen LogP contribution in [-0.2, 0) is 4.79 Å². The van der Waals surface area contributed by atoms with Gasteiger partial charge in [-0.3, -0.25) is 4.79 Å². The molecule has 6 heteroatoms. The summed E-state index contributed by atoms with van der Waals surface area (Å²) in [6.07, 6.45) is 51.7. The maximum atomic E-state index is 12.5. The number of amides is 1. The van der Waals surface area contributed by atoms with Gasteiger partial charge in [0.25, 0.3) is 0 Å². The Morgan fingerprint density at radius 3 is 0.842 bits per heavy atom. The average Bonchev–Trinajstić information content (AvgIpc) is 3.22. The topological polar surface area (TPSA) is 110 Å². The van der Waals surface area contributed by atoms with Crippen molar-refractivity contribution in [2.45, 2.75) is 314 Å². The van der Waals surface area contributed by atoms with E-state index >= 15 is 0 Å². The van der Waals surface area contributed by atoms with Gasteiger partial charge >= 0.3 is 0 Å². The van der Waals surface area contributed by atoms with E-state index in [-0.39, 0.29) is 0 Å². The van der Waals surface area contributed by atoms with E-state index in [2.05, 4.69) is 19.2 Å². The fraction of sp³-hybridized carbons (Fsp3) is 0.980. The van der Waals surface area contributed by atoms with Crippen molar-refractivity contribution in [3.05, 3.63) is 0 Å². The Morgan fingerprint density at radius 2 is 0.596 bits per heavy atom. The van der Waals surface area contributed by atoms with Gasteiger partial charge in [0, 0.05) is 0 Å². The van der Waals surface area contributed by atoms with Crippen LogP contribution in [0.15, 0.2) is 0 Å². The number of aliphatic hydroxyl groups is 4. The number of rotatable bonds is 48. The highest BCUT2D eigenvalue weighted by Gasteiger charge is 2.28. The summed E-state index contributed by atoms with van der Waals surface area (Å²) in [7, 11) is 0. The van der Waals surface area contributed by atoms with Crippen LogP contribution < -0.4 is 5.32 Å². The Hall–Kier alpha value is -0.690. The Balaban J connectivity index is 3.54. The van der Waals surface area contributed by atoms with Crippen LogP contribution in [0.25, 0.3) is 0 Å². The second-order valence-corrected chi connectivity index (χ2v) is 18.2. The highest BCUT2D eigenvalue weighted by atomic mass is 16.3. The zero-order valence-electron chi connectivity index (χ0n) is 38.6. The largest absolute Gasteiger partial charge is 0.394 e. The molecule has 0 aliphatic rings. The molecule has 0 spiro atoms. The van der Waals surface area contributed by atoms with Crippen molar-refractivity contribution < 1.29 is 25.2 Å². The van der Waals surface area contributed by atoms with E-state index in [0.29, 0.717) is 12.8 Å². The molecule has 0 rings (SSSR count). The van der Waals surface area contributed by atoms with Gasteiger partial charge in [-0.25, -0.2) is 0 Å². The lowest BCUT2D eigenvalue weighted by atomic mass is 9.99. The molecule has 0 aromatic heterocycles. The molecule has 0 radical (unpaired) electrons. The van der Waals surface area contributed by atoms with Crippen LogP contribution in [0.5, 0.6) is 0 Å². The summed E-state index contributed by atoms with van der Waals surface area (Å²) in [6, 6.07) is -0.979. The summed E-state index contributed by atoms with van der Waals surface area (Å²) >= 11 is 0. The Morgan fingerprint density at radius 1 is 0.368 bits per heavy atom. The predicted molar refractivity (Wildman–Crippen MR) is 247 cm³/mol. The van der Waals surface area contributed by atoms with Crippen LogP contribution in [-0.4, -0.2) is 57.3 Å². The summed E-state index contributed by atoms with van der Waals surface area (Å²) in [5.41, 5.74) is 0. The van der Waals surface area contributed by atoms with Gasteiger partial charge in [-0.1, -0.05) is 277 Å². The molecule has 57 heavy (non-hydrogen) atoms. The summed E-state index contributed by atoms with van der Waals surface area (Å²) in [4.78, 5) is 12.5. The van der Waals surface area contributed by atoms with Crippen LogP contribution in [0.2, 0.25) is 0 Å². The molecule has 342 valence electrons. The fourth-order valence-corrected chi connectivity index (χ4v) is 8.47. The maximum absolute atomic E-state index is 12.5. The molecule has 4 atom stereocenters. The van der Waals surface area contributed by atoms with Crippen LogP contribution in [0.4, 0.5) is 0 Å². The van der Waals surface area contributed by atoms with Crippen LogP contribution >= 0.6 is 0 Å². The third-order valence-corrected chi connectivity index (χ3v) is 12.6. The standard InChI is InChI=1S/C51H103NO5/c1-3-5-7-9-11-13-15-17-18-19-20-21-22-23-24-25-26-27-28-29-30-31-32-33-35-37-39-41-43-45-49(55)51(57)52-47(46-53)50(56)48(54)44-42-40-38-36-34-16-14-12-10-8-6-4-2/h47-50,53-56H,3-46H2,1-2H3,(H,52,57)/t47-,48?,49?,50+/m1/s1. The van der Waals surface area contributed by atoms with Crippen LogP contribution in [0, 0.1) is 0 Å². The molecule has 0 heterocycles. The normalized spacial score (nSPS) is 13.9. The molecule has 0 fully saturated rings. The van der Waals surface area contributed by atoms with Gasteiger partial charge in [-0.05, 0) is 12.8 Å². The van der Waals surface area contributed by atoms with Crippen molar-refractivity contribution in [2.24, 2.45) is 0 Å². The van der Waals surface area contributed by atoms with E-state index in [1.807, 2.05) is 0 Å². The molecule has 0 aliphatic heterocycles. The Kier molecular flexibility index (Phi) is 45.8. The minimum absolute atomic E-state index is 0.376. The van der Waals surface area contributed by atoms with Crippen molar-refractivity contribution >= 4 is 5.91 Å². The zero-order chi connectivity index (χ0) is 41.7. The van der Waals surface area contributed by atoms with Crippen LogP contribution in [0.1, 0.15) is 290 Å². The molecule has 0 saturated heterocycles. The van der Waals surface area contributed by atoms with Crippen molar-refractivity contribution in [3.63, 3.8) is 0 Å². The van der Waals surface area contributed by atoms with Crippen molar-refractivity contribution in [2.75, 3.05) is 6.61 Å². The Labute approximate surface area is 356 Å². The van der Waals surface area contributed by atoms with Crippen molar-refractivity contribution in [1.29, 1.82) is 0 Å². The smallest absolute Gasteiger partial charge is 0.249 e. The number of carbonyl (C=O) groups excluding carboxylic acids is 1. The minimum Gasteiger partial charge on any atom is -0.394 e. The zero-order valence-corrected chi connectivity index (χ0v) is 38.6. The van der Waals surface area contributed by atoms with E-state index in [1.165, 1.54) is 225 Å². The molecule has 0 aliphatic carbocycles. The van der Waals surface area contributed by atoms with Gasteiger partial charge in [0.1, 0.15) is 12.2 Å². The lowest BCUT2D eigenvalue weighted by molar-refractivity contribution is -0.132. The number of nitrogens with one attached hydrogen (secondary N) is 1. The molecule has 1 amide bonds. The van der Waals surface area contributed by atoms with Crippen molar-refractivity contribution in [3.8, 4) is 0 Å². The fourth-order valence-electron chi connectivity index (χ4n) is 8.47. The predicted octanol–water partition coefficient (Wildman–Crippen LogP) is 14.4. The molecule has 0 aromatic carbocycles. The van der Waals surface area contributed by atoms with Gasteiger partial charge in [-0.15, -0.1) is 0 Å². The molecule has 0 bridgehead atoms. The average molecular weight is 810 g/mol. The van der Waals surface area contributed by atoms with Crippen molar-refractivity contribution in [1.82, 2.24) is 5.32 Å². The van der Waals surface area contributed by atoms with E-state index in [1.54, 1.807) is 0 Å². The maximum Gasteiger partial charge on any atom is 0.249 e. The van der Waals surface area contributed by atoms with E-state index in [9.17, 15) is 25.2 Å². The van der Waals surface area contributed by atoms with E-state index < -0.39 is 36.9 Å². The molecule has 5 N–H and O–H groups in total. The molecule has 0 saturated carbocycles. The second-order valence-electron chi connectivity index (χ2n) is 18.2. The SMILES string of the molecule is CCCCCCCCCCCCCCCCCCCCCCCCCCCCCCCC(O)C(=O)N[C@H](CO)[C@H](O)C(O)CCCCCCCCCCCCCC. The summed E-state index contributed by atoms with van der Waals surface area (Å²) < 4.78 is 0. The minimum atomic E-state index is -1.25. The number of carbonyl (C=O) groups is 1. The first-order valence-corrected chi connectivity index (χ1v) is 25.9. The highest BCUT2D eigenvalue weighted by molar-refractivity contribution is 5.80. The lowest BCUT2D eigenvalue weighted by Crippen LogP contribution is -2.53. The Bertz CT molecular complexity index is 781. The van der Waals surface area contributed by atoms with Gasteiger partial charge in [0.15, 0.2) is 0 Å². The highest BCUT2D eigenvalue weighted by Crippen LogP contribution is 2.18. The summed E-state index contributed by atoms with van der Waals surface area (Å²) in [5.74, 6) is -0.578. The van der Waals surface area contributed by atoms with Crippen LogP contribution in [0.3, 0.4) is 0 Å². The second kappa shape index (κ2) is 46.4. The lowest BCUT2D eigenvalue weighted by Gasteiger charge is -2.27. The number of hydrogen-bond donors (Lipinski definition) is 5. The molecular formula is C51H103NO5. The third-order valence-electron chi connectivity index (χ3n) is 12.6. The van der Waals surface area contributed by atoms with Gasteiger partial charge in [-0.2, -0.15) is 0 Å². The van der Waals surface area contributed by atoms with Gasteiger partial charge in [0.05, 0.1) is 18.8 Å². The first-order chi connectivity index (χ1) is 28.0. The number of unbranched alkanes of at least 4 members (excludes halogenated alkanes) is 39. The van der Waals surface area contributed by atoms with Gasteiger partial charge < -0.3 is 25.7 Å². The number of hydrogen-bond acceptors (Lipinski definition) is 5. The van der Waals surface area contributed by atoms with E-state index in [0.717, 1.165) is 38.5 Å². The first kappa shape index (κ1) is 56.3. The molecule has 2 unspecified atom stereocenters. The monoisotopic (exact) mass is 810 g/mol. The molecular weight excluding hydrogens is 707 g/mol. The summed E-state index contributed by atoms with van der Waals surface area (Å²) in [5, 5.41) is 43.8. The van der Waals surface area contributed by atoms with Gasteiger partial charge in [0.2, 0.25) is 5.91 Å². The quantitative estimate of drug-likeness (QED) is 0.0393. The first-order valence-electron chi connectivity index (χ1n) is 25.9. The molecule has 6 nitrogen and oxygen atoms in total. The molecule has 0 aromatic rings. The third kappa shape index (κ3) is 40.5. The van der Waals surface area contributed by atoms with E-state index in [4.69, 9.17) is 0 Å². The summed E-state index contributed by atoms with van der Waals surface area (Å²) in [6.45, 7) is 4.07. The number of aliphatic hydroxyl groups excluding tert-OH is 4.